The van der Waals surface area contributed by atoms with Crippen LogP contribution in [0.3, 0.4) is 0 Å². The molecule has 1 saturated carbocycles. The first-order valence-corrected chi connectivity index (χ1v) is 7.27. The van der Waals surface area contributed by atoms with E-state index in [2.05, 4.69) is 4.90 Å². The molecule has 1 heterocycles. The number of aliphatic hydroxyl groups is 1. The molecule has 1 saturated heterocycles. The maximum absolute atomic E-state index is 9.86. The van der Waals surface area contributed by atoms with E-state index >= 15 is 0 Å². The molecular weight excluding hydrogens is 214 g/mol. The van der Waals surface area contributed by atoms with Crippen molar-refractivity contribution in [2.75, 3.05) is 32.8 Å². The Morgan fingerprint density at radius 2 is 2.00 bits per heavy atom. The standard InChI is InChI=1S/C14H27NO2/c1-2-17-11-14(16)10-15-8-7-12-5-3-4-6-13(12)9-15/h12-14,16H,2-11H2,1H3. The fraction of sp³-hybridized carbons (Fsp3) is 1.00. The van der Waals surface area contributed by atoms with Crippen LogP contribution in [0, 0.1) is 11.8 Å². The highest BCUT2D eigenvalue weighted by atomic mass is 16.5. The van der Waals surface area contributed by atoms with Gasteiger partial charge in [-0.1, -0.05) is 19.3 Å². The number of nitrogens with zero attached hydrogens (tertiary/aromatic N) is 1. The van der Waals surface area contributed by atoms with Crippen molar-refractivity contribution in [3.8, 4) is 0 Å². The Balaban J connectivity index is 1.71. The third-order valence-corrected chi connectivity index (χ3v) is 4.36. The summed E-state index contributed by atoms with van der Waals surface area (Å²) in [6.07, 6.45) is 6.73. The van der Waals surface area contributed by atoms with Gasteiger partial charge in [0.25, 0.3) is 0 Å². The van der Waals surface area contributed by atoms with Gasteiger partial charge in [-0.3, -0.25) is 0 Å². The molecular formula is C14H27NO2. The van der Waals surface area contributed by atoms with Crippen molar-refractivity contribution in [3.63, 3.8) is 0 Å². The van der Waals surface area contributed by atoms with Crippen LogP contribution in [0.25, 0.3) is 0 Å². The Kier molecular flexibility index (Phi) is 5.26. The van der Waals surface area contributed by atoms with Crippen LogP contribution in [-0.2, 0) is 4.74 Å². The summed E-state index contributed by atoms with van der Waals surface area (Å²) >= 11 is 0. The number of aliphatic hydroxyl groups excluding tert-OH is 1. The molecule has 0 bridgehead atoms. The van der Waals surface area contributed by atoms with E-state index in [-0.39, 0.29) is 6.10 Å². The number of ether oxygens (including phenoxy) is 1. The molecule has 1 N–H and O–H groups in total. The van der Waals surface area contributed by atoms with Crippen LogP contribution in [0.5, 0.6) is 0 Å². The van der Waals surface area contributed by atoms with E-state index in [1.54, 1.807) is 0 Å². The molecule has 2 aliphatic rings. The van der Waals surface area contributed by atoms with Gasteiger partial charge in [-0.2, -0.15) is 0 Å². The molecule has 2 fully saturated rings. The second-order valence-electron chi connectivity index (χ2n) is 5.67. The molecule has 3 heteroatoms. The molecule has 3 atom stereocenters. The minimum absolute atomic E-state index is 0.310. The van der Waals surface area contributed by atoms with Gasteiger partial charge in [-0.05, 0) is 38.1 Å². The molecule has 3 nitrogen and oxygen atoms in total. The Labute approximate surface area is 105 Å². The van der Waals surface area contributed by atoms with Gasteiger partial charge >= 0.3 is 0 Å². The fourth-order valence-electron chi connectivity index (χ4n) is 3.45. The van der Waals surface area contributed by atoms with Crippen LogP contribution in [0.1, 0.15) is 39.0 Å². The summed E-state index contributed by atoms with van der Waals surface area (Å²) in [5.74, 6) is 1.88. The molecule has 3 unspecified atom stereocenters. The van der Waals surface area contributed by atoms with Crippen molar-refractivity contribution >= 4 is 0 Å². The quantitative estimate of drug-likeness (QED) is 0.798. The Morgan fingerprint density at radius 1 is 1.24 bits per heavy atom. The van der Waals surface area contributed by atoms with Gasteiger partial charge < -0.3 is 14.7 Å². The van der Waals surface area contributed by atoms with Gasteiger partial charge in [0.15, 0.2) is 0 Å². The Morgan fingerprint density at radius 3 is 2.76 bits per heavy atom. The van der Waals surface area contributed by atoms with Gasteiger partial charge in [0.2, 0.25) is 0 Å². The van der Waals surface area contributed by atoms with E-state index in [0.717, 1.165) is 18.4 Å². The monoisotopic (exact) mass is 241 g/mol. The van der Waals surface area contributed by atoms with Crippen molar-refractivity contribution < 1.29 is 9.84 Å². The Hall–Kier alpha value is -0.120. The summed E-state index contributed by atoms with van der Waals surface area (Å²) < 4.78 is 5.27. The van der Waals surface area contributed by atoms with E-state index in [4.69, 9.17) is 4.74 Å². The van der Waals surface area contributed by atoms with E-state index in [0.29, 0.717) is 13.2 Å². The van der Waals surface area contributed by atoms with Crippen molar-refractivity contribution in [2.45, 2.75) is 45.1 Å². The highest BCUT2D eigenvalue weighted by Crippen LogP contribution is 2.35. The van der Waals surface area contributed by atoms with Crippen LogP contribution < -0.4 is 0 Å². The summed E-state index contributed by atoms with van der Waals surface area (Å²) in [4.78, 5) is 2.44. The number of rotatable bonds is 5. The number of likely N-dealkylation sites (tertiary alicyclic amines) is 1. The predicted octanol–water partition coefficient (Wildman–Crippen LogP) is 1.90. The first-order valence-electron chi connectivity index (χ1n) is 7.27. The zero-order valence-electron chi connectivity index (χ0n) is 11.1. The second kappa shape index (κ2) is 6.72. The molecule has 0 aromatic rings. The molecule has 100 valence electrons. The van der Waals surface area contributed by atoms with Crippen LogP contribution in [0.4, 0.5) is 0 Å². The second-order valence-corrected chi connectivity index (χ2v) is 5.67. The third kappa shape index (κ3) is 3.94. The van der Waals surface area contributed by atoms with E-state index in [1.165, 1.54) is 45.2 Å². The SMILES string of the molecule is CCOCC(O)CN1CCC2CCCCC2C1. The summed E-state index contributed by atoms with van der Waals surface area (Å²) in [6, 6.07) is 0. The molecule has 0 aromatic heterocycles. The topological polar surface area (TPSA) is 32.7 Å². The first kappa shape index (κ1) is 13.3. The summed E-state index contributed by atoms with van der Waals surface area (Å²) in [5.41, 5.74) is 0. The average molecular weight is 241 g/mol. The van der Waals surface area contributed by atoms with Gasteiger partial charge in [-0.15, -0.1) is 0 Å². The van der Waals surface area contributed by atoms with Crippen molar-refractivity contribution in [2.24, 2.45) is 11.8 Å². The van der Waals surface area contributed by atoms with Crippen molar-refractivity contribution in [3.05, 3.63) is 0 Å². The maximum atomic E-state index is 9.86. The normalized spacial score (nSPS) is 32.1. The molecule has 0 spiro atoms. The van der Waals surface area contributed by atoms with Gasteiger partial charge in [0, 0.05) is 19.7 Å². The van der Waals surface area contributed by atoms with Crippen LogP contribution >= 0.6 is 0 Å². The van der Waals surface area contributed by atoms with Gasteiger partial charge in [0.05, 0.1) is 12.7 Å². The maximum Gasteiger partial charge on any atom is 0.0900 e. The summed E-state index contributed by atoms with van der Waals surface area (Å²) in [7, 11) is 0. The molecule has 0 amide bonds. The van der Waals surface area contributed by atoms with E-state index in [9.17, 15) is 5.11 Å². The lowest BCUT2D eigenvalue weighted by molar-refractivity contribution is 0.00129. The molecule has 0 radical (unpaired) electrons. The van der Waals surface area contributed by atoms with E-state index in [1.807, 2.05) is 6.92 Å². The average Bonchev–Trinajstić information content (AvgIpc) is 2.36. The lowest BCUT2D eigenvalue weighted by atomic mass is 9.75. The van der Waals surface area contributed by atoms with Crippen LogP contribution in [-0.4, -0.2) is 49.0 Å². The summed E-state index contributed by atoms with van der Waals surface area (Å²) in [6.45, 7) is 6.32. The number of fused-ring (bicyclic) bond motifs is 1. The zero-order chi connectivity index (χ0) is 12.1. The number of hydrogen-bond acceptors (Lipinski definition) is 3. The molecule has 2 rings (SSSR count). The highest BCUT2D eigenvalue weighted by molar-refractivity contribution is 4.84. The fourth-order valence-corrected chi connectivity index (χ4v) is 3.45. The highest BCUT2D eigenvalue weighted by Gasteiger charge is 2.31. The van der Waals surface area contributed by atoms with Crippen molar-refractivity contribution in [1.82, 2.24) is 4.90 Å². The van der Waals surface area contributed by atoms with Gasteiger partial charge in [-0.25, -0.2) is 0 Å². The molecule has 17 heavy (non-hydrogen) atoms. The lowest BCUT2D eigenvalue weighted by Gasteiger charge is -2.41. The Bertz CT molecular complexity index is 222. The minimum atomic E-state index is -0.310. The number of piperidine rings is 1. The largest absolute Gasteiger partial charge is 0.389 e. The van der Waals surface area contributed by atoms with Gasteiger partial charge in [0.1, 0.15) is 0 Å². The van der Waals surface area contributed by atoms with Crippen molar-refractivity contribution in [1.29, 1.82) is 0 Å². The lowest BCUT2D eigenvalue weighted by Crippen LogP contribution is -2.45. The number of β-amino-alcohol motifs (C(OH)–C–C–N with tert-alkyl or cyclic N) is 1. The molecule has 1 aliphatic carbocycles. The minimum Gasteiger partial charge on any atom is -0.389 e. The van der Waals surface area contributed by atoms with Crippen LogP contribution in [0.2, 0.25) is 0 Å². The number of hydrogen-bond donors (Lipinski definition) is 1. The predicted molar refractivity (Wildman–Crippen MR) is 69.0 cm³/mol. The molecule has 0 aromatic carbocycles. The third-order valence-electron chi connectivity index (χ3n) is 4.36. The summed E-state index contributed by atoms with van der Waals surface area (Å²) in [5, 5.41) is 9.86. The smallest absolute Gasteiger partial charge is 0.0900 e. The molecule has 1 aliphatic heterocycles. The van der Waals surface area contributed by atoms with Crippen LogP contribution in [0.15, 0.2) is 0 Å². The first-order chi connectivity index (χ1) is 8.29. The zero-order valence-corrected chi connectivity index (χ0v) is 11.1. The van der Waals surface area contributed by atoms with E-state index < -0.39 is 0 Å².